The number of hydrogen-bond acceptors (Lipinski definition) is 4. The van der Waals surface area contributed by atoms with Crippen LogP contribution in [-0.4, -0.2) is 42.3 Å². The van der Waals surface area contributed by atoms with E-state index in [4.69, 9.17) is 10.2 Å². The Morgan fingerprint density at radius 1 is 1.22 bits per heavy atom. The van der Waals surface area contributed by atoms with Crippen LogP contribution in [0.15, 0.2) is 40.8 Å². The van der Waals surface area contributed by atoms with Crippen LogP contribution in [0.25, 0.3) is 11.3 Å². The fraction of sp³-hybridized carbons (Fsp3) is 0.350. The molecule has 0 radical (unpaired) electrons. The van der Waals surface area contributed by atoms with Gasteiger partial charge in [-0.2, -0.15) is 0 Å². The van der Waals surface area contributed by atoms with E-state index in [1.54, 1.807) is 35.2 Å². The Balaban J connectivity index is 1.83. The highest BCUT2D eigenvalue weighted by molar-refractivity contribution is 5.96. The van der Waals surface area contributed by atoms with Crippen LogP contribution in [0.4, 0.5) is 0 Å². The number of amides is 3. The first-order valence-electron chi connectivity index (χ1n) is 9.01. The van der Waals surface area contributed by atoms with E-state index in [9.17, 15) is 14.4 Å². The summed E-state index contributed by atoms with van der Waals surface area (Å²) < 4.78 is 5.58. The summed E-state index contributed by atoms with van der Waals surface area (Å²) >= 11 is 0. The van der Waals surface area contributed by atoms with E-state index in [0.717, 1.165) is 19.3 Å². The summed E-state index contributed by atoms with van der Waals surface area (Å²) in [5, 5.41) is 2.51. The molecule has 2 heterocycles. The fourth-order valence-corrected chi connectivity index (χ4v) is 3.42. The molecule has 1 aliphatic rings. The van der Waals surface area contributed by atoms with Gasteiger partial charge in [0.25, 0.3) is 11.8 Å². The van der Waals surface area contributed by atoms with Crippen LogP contribution in [0, 0.1) is 0 Å². The minimum Gasteiger partial charge on any atom is -0.451 e. The summed E-state index contributed by atoms with van der Waals surface area (Å²) in [6, 6.07) is 10.2. The first-order valence-corrected chi connectivity index (χ1v) is 9.01. The molecule has 3 N–H and O–H groups in total. The number of hydrogen-bond donors (Lipinski definition) is 2. The van der Waals surface area contributed by atoms with Crippen molar-refractivity contribution in [3.05, 3.63) is 47.7 Å². The highest BCUT2D eigenvalue weighted by Gasteiger charge is 2.28. The van der Waals surface area contributed by atoms with Crippen LogP contribution >= 0.6 is 0 Å². The number of nitrogens with one attached hydrogen (secondary N) is 1. The maximum atomic E-state index is 13.0. The molecule has 1 fully saturated rings. The number of likely N-dealkylation sites (tertiary alicyclic amines) is 1. The Bertz CT molecular complexity index is 858. The number of nitrogens with zero attached hydrogens (tertiary/aromatic N) is 1. The van der Waals surface area contributed by atoms with Crippen molar-refractivity contribution in [2.75, 3.05) is 13.6 Å². The van der Waals surface area contributed by atoms with Crippen LogP contribution < -0.4 is 11.1 Å². The molecule has 1 aromatic heterocycles. The molecule has 3 rings (SSSR count). The van der Waals surface area contributed by atoms with E-state index >= 15 is 0 Å². The molecule has 0 aliphatic carbocycles. The average molecular weight is 369 g/mol. The molecule has 27 heavy (non-hydrogen) atoms. The van der Waals surface area contributed by atoms with E-state index in [0.29, 0.717) is 23.4 Å². The molecule has 142 valence electrons. The van der Waals surface area contributed by atoms with Crippen molar-refractivity contribution in [2.45, 2.75) is 31.7 Å². The number of furan rings is 1. The van der Waals surface area contributed by atoms with E-state index < -0.39 is 5.91 Å². The van der Waals surface area contributed by atoms with Gasteiger partial charge in [-0.1, -0.05) is 12.1 Å². The molecule has 2 aromatic rings. The van der Waals surface area contributed by atoms with Gasteiger partial charge in [0.05, 0.1) is 0 Å². The van der Waals surface area contributed by atoms with Crippen LogP contribution in [-0.2, 0) is 4.79 Å². The number of benzene rings is 1. The second-order valence-corrected chi connectivity index (χ2v) is 6.64. The molecule has 1 aromatic carbocycles. The summed E-state index contributed by atoms with van der Waals surface area (Å²) in [6.07, 6.45) is 2.85. The molecule has 1 saturated heterocycles. The molecule has 0 unspecified atom stereocenters. The van der Waals surface area contributed by atoms with Gasteiger partial charge < -0.3 is 20.4 Å². The second kappa shape index (κ2) is 8.07. The molecule has 0 saturated carbocycles. The van der Waals surface area contributed by atoms with Gasteiger partial charge in [-0.05, 0) is 43.5 Å². The molecule has 1 aliphatic heterocycles. The molecule has 7 nitrogen and oxygen atoms in total. The number of carbonyl (C=O) groups is 3. The maximum Gasteiger partial charge on any atom is 0.286 e. The molecule has 7 heteroatoms. The topological polar surface area (TPSA) is 106 Å². The molecular formula is C20H23N3O4. The van der Waals surface area contributed by atoms with Crippen molar-refractivity contribution < 1.29 is 18.8 Å². The Hall–Kier alpha value is -3.09. The van der Waals surface area contributed by atoms with Gasteiger partial charge in [-0.25, -0.2) is 0 Å². The Morgan fingerprint density at radius 3 is 2.78 bits per heavy atom. The van der Waals surface area contributed by atoms with Crippen LogP contribution in [0.2, 0.25) is 0 Å². The van der Waals surface area contributed by atoms with Crippen molar-refractivity contribution in [1.29, 1.82) is 0 Å². The van der Waals surface area contributed by atoms with Crippen molar-refractivity contribution in [2.24, 2.45) is 5.73 Å². The highest BCUT2D eigenvalue weighted by atomic mass is 16.3. The number of rotatable bonds is 5. The van der Waals surface area contributed by atoms with Gasteiger partial charge in [0.1, 0.15) is 5.76 Å². The quantitative estimate of drug-likeness (QED) is 0.842. The predicted molar refractivity (Wildman–Crippen MR) is 100 cm³/mol. The third-order valence-corrected chi connectivity index (χ3v) is 4.78. The van der Waals surface area contributed by atoms with Crippen LogP contribution in [0.1, 0.15) is 46.6 Å². The van der Waals surface area contributed by atoms with Crippen molar-refractivity contribution in [1.82, 2.24) is 10.2 Å². The zero-order chi connectivity index (χ0) is 19.4. The second-order valence-electron chi connectivity index (χ2n) is 6.64. The number of carbonyl (C=O) groups excluding carboxylic acids is 3. The zero-order valence-electron chi connectivity index (χ0n) is 15.2. The van der Waals surface area contributed by atoms with Crippen molar-refractivity contribution in [3.8, 4) is 11.3 Å². The lowest BCUT2D eigenvalue weighted by molar-refractivity contribution is -0.119. The Kier molecular flexibility index (Phi) is 5.59. The van der Waals surface area contributed by atoms with Gasteiger partial charge in [0.2, 0.25) is 5.91 Å². The minimum absolute atomic E-state index is 0.124. The summed E-state index contributed by atoms with van der Waals surface area (Å²) in [5.41, 5.74) is 6.56. The standard InChI is InChI=1S/C20H23N3O4/c1-22-19(25)17-9-8-16(27-17)13-5-4-6-14(11-13)20(26)23-10-3-2-7-15(23)12-18(21)24/h4-6,8-9,11,15H,2-3,7,10,12H2,1H3,(H2,21,24)(H,22,25)/t15-/m0/s1. The van der Waals surface area contributed by atoms with E-state index in [2.05, 4.69) is 5.32 Å². The highest BCUT2D eigenvalue weighted by Crippen LogP contribution is 2.26. The van der Waals surface area contributed by atoms with E-state index in [-0.39, 0.29) is 30.0 Å². The Labute approximate surface area is 157 Å². The summed E-state index contributed by atoms with van der Waals surface area (Å²) in [5.74, 6) is -0.111. The summed E-state index contributed by atoms with van der Waals surface area (Å²) in [7, 11) is 1.53. The number of primary amides is 1. The molecule has 0 spiro atoms. The van der Waals surface area contributed by atoms with Crippen LogP contribution in [0.3, 0.4) is 0 Å². The van der Waals surface area contributed by atoms with Crippen molar-refractivity contribution in [3.63, 3.8) is 0 Å². The number of nitrogens with two attached hydrogens (primary N) is 1. The lowest BCUT2D eigenvalue weighted by Gasteiger charge is -2.35. The fourth-order valence-electron chi connectivity index (χ4n) is 3.42. The third-order valence-electron chi connectivity index (χ3n) is 4.78. The van der Waals surface area contributed by atoms with Gasteiger partial charge in [0, 0.05) is 37.2 Å². The normalized spacial score (nSPS) is 16.8. The van der Waals surface area contributed by atoms with Gasteiger partial charge in [0.15, 0.2) is 5.76 Å². The monoisotopic (exact) mass is 369 g/mol. The lowest BCUT2D eigenvalue weighted by atomic mass is 9.97. The maximum absolute atomic E-state index is 13.0. The number of piperidine rings is 1. The van der Waals surface area contributed by atoms with E-state index in [1.165, 1.54) is 7.05 Å². The predicted octanol–water partition coefficient (Wildman–Crippen LogP) is 2.18. The molecule has 1 atom stereocenters. The average Bonchev–Trinajstić information content (AvgIpc) is 3.17. The minimum atomic E-state index is -0.397. The summed E-state index contributed by atoms with van der Waals surface area (Å²) in [6.45, 7) is 0.614. The van der Waals surface area contributed by atoms with Gasteiger partial charge in [-0.15, -0.1) is 0 Å². The smallest absolute Gasteiger partial charge is 0.286 e. The van der Waals surface area contributed by atoms with Gasteiger partial charge >= 0.3 is 0 Å². The zero-order valence-corrected chi connectivity index (χ0v) is 15.2. The first-order chi connectivity index (χ1) is 13.0. The van der Waals surface area contributed by atoms with Crippen molar-refractivity contribution >= 4 is 17.7 Å². The third kappa shape index (κ3) is 4.19. The molecule has 3 amide bonds. The van der Waals surface area contributed by atoms with Crippen LogP contribution in [0.5, 0.6) is 0 Å². The van der Waals surface area contributed by atoms with Gasteiger partial charge in [-0.3, -0.25) is 14.4 Å². The molecule has 0 bridgehead atoms. The summed E-state index contributed by atoms with van der Waals surface area (Å²) in [4.78, 5) is 37.7. The first kappa shape index (κ1) is 18.7. The SMILES string of the molecule is CNC(=O)c1ccc(-c2cccc(C(=O)N3CCCC[C@H]3CC(N)=O)c2)o1. The Morgan fingerprint density at radius 2 is 2.04 bits per heavy atom. The largest absolute Gasteiger partial charge is 0.451 e. The molecular weight excluding hydrogens is 346 g/mol. The van der Waals surface area contributed by atoms with E-state index in [1.807, 2.05) is 6.07 Å². The lowest BCUT2D eigenvalue weighted by Crippen LogP contribution is -2.45.